The van der Waals surface area contributed by atoms with Crippen LogP contribution < -0.4 is 10.6 Å². The third-order valence-corrected chi connectivity index (χ3v) is 3.65. The average Bonchev–Trinajstić information content (AvgIpc) is 2.60. The van der Waals surface area contributed by atoms with E-state index < -0.39 is 0 Å². The Morgan fingerprint density at radius 3 is 2.52 bits per heavy atom. The van der Waals surface area contributed by atoms with Crippen LogP contribution in [0.3, 0.4) is 0 Å². The number of carbonyl (C=O) groups is 1. The molecule has 3 rings (SSSR count). The highest BCUT2D eigenvalue weighted by molar-refractivity contribution is 5.92. The van der Waals surface area contributed by atoms with Crippen molar-refractivity contribution in [3.05, 3.63) is 83.2 Å². The molecule has 1 heterocycles. The topological polar surface area (TPSA) is 66.9 Å². The third-order valence-electron chi connectivity index (χ3n) is 3.65. The lowest BCUT2D eigenvalue weighted by atomic mass is 10.1. The van der Waals surface area contributed by atoms with Gasteiger partial charge in [0, 0.05) is 17.9 Å². The predicted octanol–water partition coefficient (Wildman–Crippen LogP) is 3.77. The number of carbonyl (C=O) groups excluding carboxylic acids is 1. The van der Waals surface area contributed by atoms with Gasteiger partial charge in [0.15, 0.2) is 0 Å². The molecule has 0 atom stereocenters. The number of benzene rings is 2. The zero-order valence-corrected chi connectivity index (χ0v) is 14.3. The minimum Gasteiger partial charge on any atom is -0.347 e. The van der Waals surface area contributed by atoms with Gasteiger partial charge in [0.25, 0.3) is 5.91 Å². The molecule has 126 valence electrons. The molecule has 0 unspecified atom stereocenters. The maximum absolute atomic E-state index is 12.4. The Morgan fingerprint density at radius 2 is 1.76 bits per heavy atom. The molecule has 1 aromatic heterocycles. The average molecular weight is 332 g/mol. The number of aryl methyl sites for hydroxylation is 2. The van der Waals surface area contributed by atoms with Crippen LogP contribution in [0.25, 0.3) is 0 Å². The summed E-state index contributed by atoms with van der Waals surface area (Å²) in [7, 11) is 0. The molecule has 0 fully saturated rings. The van der Waals surface area contributed by atoms with Crippen molar-refractivity contribution in [3.63, 3.8) is 0 Å². The molecular formula is C20H20N4O. The van der Waals surface area contributed by atoms with E-state index in [2.05, 4.69) is 20.6 Å². The van der Waals surface area contributed by atoms with Crippen molar-refractivity contribution in [1.29, 1.82) is 0 Å². The highest BCUT2D eigenvalue weighted by atomic mass is 16.1. The van der Waals surface area contributed by atoms with Crippen LogP contribution in [0.15, 0.2) is 60.7 Å². The summed E-state index contributed by atoms with van der Waals surface area (Å²) in [4.78, 5) is 21.1. The molecule has 0 spiro atoms. The number of para-hydroxylation sites is 1. The van der Waals surface area contributed by atoms with E-state index >= 15 is 0 Å². The first-order valence-corrected chi connectivity index (χ1v) is 8.12. The smallest absolute Gasteiger partial charge is 0.270 e. The Balaban J connectivity index is 1.71. The molecule has 0 saturated heterocycles. The van der Waals surface area contributed by atoms with Gasteiger partial charge in [-0.15, -0.1) is 0 Å². The van der Waals surface area contributed by atoms with Gasteiger partial charge in [-0.1, -0.05) is 48.0 Å². The third kappa shape index (κ3) is 4.64. The number of aromatic nitrogens is 2. The van der Waals surface area contributed by atoms with Gasteiger partial charge < -0.3 is 10.6 Å². The van der Waals surface area contributed by atoms with Crippen LogP contribution in [0, 0.1) is 13.8 Å². The molecule has 0 bridgehead atoms. The molecule has 2 N–H and O–H groups in total. The summed E-state index contributed by atoms with van der Waals surface area (Å²) in [5.74, 6) is 0.190. The summed E-state index contributed by atoms with van der Waals surface area (Å²) < 4.78 is 0. The second-order valence-corrected chi connectivity index (χ2v) is 5.88. The minimum atomic E-state index is -0.219. The maximum atomic E-state index is 12.4. The number of anilines is 2. The van der Waals surface area contributed by atoms with Crippen LogP contribution >= 0.6 is 0 Å². The van der Waals surface area contributed by atoms with Crippen molar-refractivity contribution < 1.29 is 4.79 Å². The van der Waals surface area contributed by atoms with Gasteiger partial charge >= 0.3 is 0 Å². The first kappa shape index (κ1) is 16.6. The molecule has 0 radical (unpaired) electrons. The largest absolute Gasteiger partial charge is 0.347 e. The highest BCUT2D eigenvalue weighted by Crippen LogP contribution is 2.13. The monoisotopic (exact) mass is 332 g/mol. The van der Waals surface area contributed by atoms with E-state index in [1.165, 1.54) is 5.56 Å². The fourth-order valence-corrected chi connectivity index (χ4v) is 2.49. The molecule has 25 heavy (non-hydrogen) atoms. The summed E-state index contributed by atoms with van der Waals surface area (Å²) in [5, 5.41) is 6.02. The van der Waals surface area contributed by atoms with Crippen molar-refractivity contribution >= 4 is 17.5 Å². The first-order chi connectivity index (χ1) is 12.1. The zero-order chi connectivity index (χ0) is 17.6. The summed E-state index contributed by atoms with van der Waals surface area (Å²) in [6, 6.07) is 19.4. The van der Waals surface area contributed by atoms with Crippen LogP contribution in [0.1, 0.15) is 27.3 Å². The summed E-state index contributed by atoms with van der Waals surface area (Å²) in [6.45, 7) is 4.33. The van der Waals surface area contributed by atoms with Gasteiger partial charge in [-0.2, -0.15) is 0 Å². The fourth-order valence-electron chi connectivity index (χ4n) is 2.49. The van der Waals surface area contributed by atoms with Gasteiger partial charge in [-0.25, -0.2) is 9.97 Å². The number of nitrogens with zero attached hydrogens (tertiary/aromatic N) is 2. The lowest BCUT2D eigenvalue weighted by molar-refractivity contribution is 0.0945. The van der Waals surface area contributed by atoms with E-state index in [0.29, 0.717) is 18.2 Å². The molecule has 5 nitrogen and oxygen atoms in total. The van der Waals surface area contributed by atoms with Crippen LogP contribution in [0.4, 0.5) is 11.6 Å². The molecule has 0 saturated carbocycles. The Hall–Kier alpha value is -3.21. The SMILES string of the molecule is Cc1cccc(CNC(=O)c2cc(C)nc(Nc3ccccc3)n2)c1. The van der Waals surface area contributed by atoms with Crippen LogP contribution in [0.2, 0.25) is 0 Å². The molecule has 0 aliphatic carbocycles. The molecule has 2 aromatic carbocycles. The summed E-state index contributed by atoms with van der Waals surface area (Å²) >= 11 is 0. The van der Waals surface area contributed by atoms with E-state index in [-0.39, 0.29) is 5.91 Å². The normalized spacial score (nSPS) is 10.3. The summed E-state index contributed by atoms with van der Waals surface area (Å²) in [6.07, 6.45) is 0. The van der Waals surface area contributed by atoms with Crippen molar-refractivity contribution in [3.8, 4) is 0 Å². The van der Waals surface area contributed by atoms with Crippen LogP contribution in [0.5, 0.6) is 0 Å². The van der Waals surface area contributed by atoms with Crippen molar-refractivity contribution in [2.45, 2.75) is 20.4 Å². The Labute approximate surface area is 147 Å². The second kappa shape index (κ2) is 7.57. The Bertz CT molecular complexity index is 878. The van der Waals surface area contributed by atoms with Crippen LogP contribution in [-0.4, -0.2) is 15.9 Å². The number of hydrogen-bond acceptors (Lipinski definition) is 4. The van der Waals surface area contributed by atoms with E-state index in [1.807, 2.05) is 68.4 Å². The van der Waals surface area contributed by atoms with Gasteiger partial charge in [-0.3, -0.25) is 4.79 Å². The Morgan fingerprint density at radius 1 is 0.960 bits per heavy atom. The zero-order valence-electron chi connectivity index (χ0n) is 14.3. The fraction of sp³-hybridized carbons (Fsp3) is 0.150. The highest BCUT2D eigenvalue weighted by Gasteiger charge is 2.10. The van der Waals surface area contributed by atoms with E-state index in [0.717, 1.165) is 16.9 Å². The van der Waals surface area contributed by atoms with Crippen LogP contribution in [-0.2, 0) is 6.54 Å². The molecular weight excluding hydrogens is 312 g/mol. The predicted molar refractivity (Wildman–Crippen MR) is 98.8 cm³/mol. The van der Waals surface area contributed by atoms with E-state index in [1.54, 1.807) is 6.07 Å². The molecule has 3 aromatic rings. The van der Waals surface area contributed by atoms with Crippen molar-refractivity contribution in [2.24, 2.45) is 0 Å². The lowest BCUT2D eigenvalue weighted by Crippen LogP contribution is -2.24. The van der Waals surface area contributed by atoms with E-state index in [9.17, 15) is 4.79 Å². The first-order valence-electron chi connectivity index (χ1n) is 8.12. The second-order valence-electron chi connectivity index (χ2n) is 5.88. The van der Waals surface area contributed by atoms with Gasteiger partial charge in [0.2, 0.25) is 5.95 Å². The minimum absolute atomic E-state index is 0.219. The number of rotatable bonds is 5. The Kier molecular flexibility index (Phi) is 5.04. The number of nitrogens with one attached hydrogen (secondary N) is 2. The molecule has 1 amide bonds. The van der Waals surface area contributed by atoms with Gasteiger partial charge in [-0.05, 0) is 37.6 Å². The molecule has 0 aliphatic rings. The molecule has 0 aliphatic heterocycles. The number of amides is 1. The lowest BCUT2D eigenvalue weighted by Gasteiger charge is -2.09. The quantitative estimate of drug-likeness (QED) is 0.746. The number of hydrogen-bond donors (Lipinski definition) is 2. The van der Waals surface area contributed by atoms with Crippen molar-refractivity contribution in [2.75, 3.05) is 5.32 Å². The van der Waals surface area contributed by atoms with E-state index in [4.69, 9.17) is 0 Å². The van der Waals surface area contributed by atoms with Gasteiger partial charge in [0.1, 0.15) is 5.69 Å². The summed E-state index contributed by atoms with van der Waals surface area (Å²) in [5.41, 5.74) is 4.17. The standard InChI is InChI=1S/C20H20N4O/c1-14-7-6-8-16(11-14)13-21-19(25)18-12-15(2)22-20(24-18)23-17-9-4-3-5-10-17/h3-12H,13H2,1-2H3,(H,21,25)(H,22,23,24). The maximum Gasteiger partial charge on any atom is 0.270 e. The van der Waals surface area contributed by atoms with Gasteiger partial charge in [0.05, 0.1) is 0 Å². The van der Waals surface area contributed by atoms with Crippen molar-refractivity contribution in [1.82, 2.24) is 15.3 Å². The molecule has 5 heteroatoms.